The lowest BCUT2D eigenvalue weighted by Gasteiger charge is -2.72. The van der Waals surface area contributed by atoms with Gasteiger partial charge < -0.3 is 29.9 Å². The first-order valence-electron chi connectivity index (χ1n) is 19.1. The number of fused-ring (bicyclic) bond motifs is 7. The molecule has 0 amide bonds. The van der Waals surface area contributed by atoms with Crippen molar-refractivity contribution in [3.8, 4) is 0 Å². The third kappa shape index (κ3) is 5.51. The Kier molecular flexibility index (Phi) is 10.2. The van der Waals surface area contributed by atoms with Gasteiger partial charge in [0.05, 0.1) is 42.4 Å². The van der Waals surface area contributed by atoms with E-state index in [-0.39, 0.29) is 59.7 Å². The van der Waals surface area contributed by atoms with Crippen molar-refractivity contribution in [2.45, 2.75) is 151 Å². The fourth-order valence-corrected chi connectivity index (χ4v) is 12.3. The van der Waals surface area contributed by atoms with Gasteiger partial charge in [-0.15, -0.1) is 0 Å². The molecular weight excluding hydrogens is 620 g/mol. The van der Waals surface area contributed by atoms with Crippen LogP contribution in [0.25, 0.3) is 0 Å². The SMILES string of the molecule is C/C=C(\C)C(=O)OC[C@]1(C)C2CC[C@]3(C)C(CC=C4C5CC(C)(C)[C@@H](O)[C@H](O)[C@]5(COC(=O)C(CC)CC)[C@H](O)C[C@]43C)[C@@]2(C)CC[C@@H]1O. The first-order valence-corrected chi connectivity index (χ1v) is 19.1. The van der Waals surface area contributed by atoms with E-state index in [9.17, 15) is 30.0 Å². The molecule has 0 radical (unpaired) electrons. The molecule has 3 unspecified atom stereocenters. The highest BCUT2D eigenvalue weighted by Crippen LogP contribution is 2.75. The zero-order valence-corrected chi connectivity index (χ0v) is 32.0. The van der Waals surface area contributed by atoms with Crippen LogP contribution in [0.1, 0.15) is 127 Å². The molecule has 12 atom stereocenters. The lowest BCUT2D eigenvalue weighted by atomic mass is 9.33. The number of esters is 2. The van der Waals surface area contributed by atoms with E-state index >= 15 is 0 Å². The van der Waals surface area contributed by atoms with Gasteiger partial charge in [0.25, 0.3) is 0 Å². The number of aliphatic hydroxyl groups is 4. The largest absolute Gasteiger partial charge is 0.465 e. The Bertz CT molecular complexity index is 1350. The Balaban J connectivity index is 1.54. The average Bonchev–Trinajstić information content (AvgIpc) is 3.04. The quantitative estimate of drug-likeness (QED) is 0.129. The molecule has 0 aliphatic heterocycles. The maximum absolute atomic E-state index is 13.2. The molecule has 4 N–H and O–H groups in total. The standard InChI is InChI=1S/C41H66O8/c1-11-24(4)34(46)48-22-38(8)28-16-19-39(9)29(37(28,7)18-17-30(38)42)15-14-26-27-20-36(5,6)32(44)33(45)41(27,31(43)21-40(26,39)10)23-49-35(47)25(12-2)13-3/h11,14,25,27-33,42-45H,12-13,15-23H2,1-10H3/b24-11+/t27?,28?,29?,30-,31+,32-,33-,37-,38+,39+,40+,41-/m0/s1. The summed E-state index contributed by atoms with van der Waals surface area (Å²) in [7, 11) is 0. The number of hydrogen-bond donors (Lipinski definition) is 4. The number of ether oxygens (including phenoxy) is 2. The lowest BCUT2D eigenvalue weighted by molar-refractivity contribution is -0.261. The molecular formula is C41H66O8. The van der Waals surface area contributed by atoms with Crippen LogP contribution in [-0.2, 0) is 19.1 Å². The van der Waals surface area contributed by atoms with E-state index < -0.39 is 46.1 Å². The molecule has 278 valence electrons. The molecule has 5 aliphatic carbocycles. The molecule has 0 aromatic rings. The first kappa shape index (κ1) is 38.5. The zero-order chi connectivity index (χ0) is 36.5. The summed E-state index contributed by atoms with van der Waals surface area (Å²) in [4.78, 5) is 25.9. The summed E-state index contributed by atoms with van der Waals surface area (Å²) in [5.74, 6) is -0.777. The van der Waals surface area contributed by atoms with Gasteiger partial charge in [-0.25, -0.2) is 4.79 Å². The van der Waals surface area contributed by atoms with Crippen LogP contribution in [0.3, 0.4) is 0 Å². The molecule has 0 aromatic carbocycles. The topological polar surface area (TPSA) is 134 Å². The molecule has 0 spiro atoms. The average molecular weight is 687 g/mol. The summed E-state index contributed by atoms with van der Waals surface area (Å²) in [6.45, 7) is 20.7. The van der Waals surface area contributed by atoms with Crippen molar-refractivity contribution in [1.82, 2.24) is 0 Å². The van der Waals surface area contributed by atoms with Crippen molar-refractivity contribution in [3.63, 3.8) is 0 Å². The smallest absolute Gasteiger partial charge is 0.333 e. The van der Waals surface area contributed by atoms with Crippen LogP contribution in [0.15, 0.2) is 23.3 Å². The van der Waals surface area contributed by atoms with Crippen molar-refractivity contribution >= 4 is 11.9 Å². The highest BCUT2D eigenvalue weighted by atomic mass is 16.5. The van der Waals surface area contributed by atoms with E-state index in [0.29, 0.717) is 37.7 Å². The van der Waals surface area contributed by atoms with Gasteiger partial charge in [-0.05, 0) is 111 Å². The maximum Gasteiger partial charge on any atom is 0.333 e. The second kappa shape index (κ2) is 13.0. The van der Waals surface area contributed by atoms with Crippen LogP contribution in [0, 0.1) is 56.2 Å². The molecule has 0 saturated heterocycles. The van der Waals surface area contributed by atoms with Crippen molar-refractivity contribution in [2.24, 2.45) is 56.2 Å². The third-order valence-electron chi connectivity index (χ3n) is 16.0. The van der Waals surface area contributed by atoms with E-state index in [2.05, 4.69) is 33.8 Å². The zero-order valence-electron chi connectivity index (χ0n) is 32.0. The van der Waals surface area contributed by atoms with E-state index in [1.807, 2.05) is 34.6 Å². The second-order valence-corrected chi connectivity index (χ2v) is 18.5. The first-order chi connectivity index (χ1) is 22.7. The number of carbonyl (C=O) groups is 2. The molecule has 49 heavy (non-hydrogen) atoms. The monoisotopic (exact) mass is 686 g/mol. The van der Waals surface area contributed by atoms with Gasteiger partial charge in [0, 0.05) is 11.0 Å². The summed E-state index contributed by atoms with van der Waals surface area (Å²) in [6, 6.07) is 0. The van der Waals surface area contributed by atoms with Crippen molar-refractivity contribution in [1.29, 1.82) is 0 Å². The summed E-state index contributed by atoms with van der Waals surface area (Å²) in [6.07, 6.45) is 6.59. The predicted molar refractivity (Wildman–Crippen MR) is 189 cm³/mol. The Morgan fingerprint density at radius 2 is 1.53 bits per heavy atom. The van der Waals surface area contributed by atoms with Crippen LogP contribution >= 0.6 is 0 Å². The van der Waals surface area contributed by atoms with Gasteiger partial charge in [0.2, 0.25) is 0 Å². The minimum absolute atomic E-state index is 0.127. The van der Waals surface area contributed by atoms with Crippen LogP contribution in [0.5, 0.6) is 0 Å². The van der Waals surface area contributed by atoms with Crippen LogP contribution in [-0.4, -0.2) is 70.0 Å². The van der Waals surface area contributed by atoms with Gasteiger partial charge in [0.1, 0.15) is 6.61 Å². The Labute approximate surface area is 295 Å². The highest BCUT2D eigenvalue weighted by Gasteiger charge is 2.72. The van der Waals surface area contributed by atoms with Gasteiger partial charge in [-0.3, -0.25) is 4.79 Å². The number of aliphatic hydroxyl groups excluding tert-OH is 4. The van der Waals surface area contributed by atoms with Gasteiger partial charge >= 0.3 is 11.9 Å². The Hall–Kier alpha value is -1.74. The molecule has 0 aromatic heterocycles. The van der Waals surface area contributed by atoms with Crippen LogP contribution in [0.2, 0.25) is 0 Å². The van der Waals surface area contributed by atoms with Gasteiger partial charge in [-0.1, -0.05) is 73.1 Å². The molecule has 0 bridgehead atoms. The fraction of sp³-hybridized carbons (Fsp3) is 0.854. The van der Waals surface area contributed by atoms with Crippen LogP contribution in [0.4, 0.5) is 0 Å². The minimum atomic E-state index is -1.26. The number of carbonyl (C=O) groups excluding carboxylic acids is 2. The van der Waals surface area contributed by atoms with E-state index in [4.69, 9.17) is 9.47 Å². The fourth-order valence-electron chi connectivity index (χ4n) is 12.3. The third-order valence-corrected chi connectivity index (χ3v) is 16.0. The Morgan fingerprint density at radius 1 is 0.878 bits per heavy atom. The molecule has 0 heterocycles. The lowest BCUT2D eigenvalue weighted by Crippen LogP contribution is -2.72. The van der Waals surface area contributed by atoms with Crippen molar-refractivity contribution in [2.75, 3.05) is 13.2 Å². The molecule has 8 heteroatoms. The number of hydrogen-bond acceptors (Lipinski definition) is 8. The van der Waals surface area contributed by atoms with Crippen molar-refractivity contribution in [3.05, 3.63) is 23.3 Å². The predicted octanol–water partition coefficient (Wildman–Crippen LogP) is 6.53. The number of rotatable bonds is 8. The molecule has 5 rings (SSSR count). The van der Waals surface area contributed by atoms with E-state index in [1.165, 1.54) is 5.57 Å². The normalized spacial score (nSPS) is 46.1. The maximum atomic E-state index is 13.2. The minimum Gasteiger partial charge on any atom is -0.465 e. The molecule has 5 aliphatic rings. The van der Waals surface area contributed by atoms with Crippen molar-refractivity contribution < 1.29 is 39.5 Å². The summed E-state index contributed by atoms with van der Waals surface area (Å²) < 4.78 is 11.9. The highest BCUT2D eigenvalue weighted by molar-refractivity contribution is 5.87. The van der Waals surface area contributed by atoms with E-state index in [0.717, 1.165) is 25.7 Å². The summed E-state index contributed by atoms with van der Waals surface area (Å²) in [5.41, 5.74) is -1.37. The summed E-state index contributed by atoms with van der Waals surface area (Å²) >= 11 is 0. The van der Waals surface area contributed by atoms with E-state index in [1.54, 1.807) is 13.0 Å². The summed E-state index contributed by atoms with van der Waals surface area (Å²) in [5, 5.41) is 47.4. The molecule has 4 saturated carbocycles. The number of allylic oxidation sites excluding steroid dienone is 3. The van der Waals surface area contributed by atoms with Gasteiger partial charge in [-0.2, -0.15) is 0 Å². The molecule has 8 nitrogen and oxygen atoms in total. The Morgan fingerprint density at radius 3 is 2.14 bits per heavy atom. The second-order valence-electron chi connectivity index (χ2n) is 18.5. The van der Waals surface area contributed by atoms with Crippen LogP contribution < -0.4 is 0 Å². The van der Waals surface area contributed by atoms with Gasteiger partial charge in [0.15, 0.2) is 0 Å². The molecule has 4 fully saturated rings.